The molecule has 0 aliphatic heterocycles. The third-order valence-corrected chi connectivity index (χ3v) is 1.83. The lowest BCUT2D eigenvalue weighted by atomic mass is 10.1. The first-order valence-corrected chi connectivity index (χ1v) is 4.05. The number of hydrogen-bond donors (Lipinski definition) is 0. The van der Waals surface area contributed by atoms with Crippen molar-refractivity contribution >= 4 is 11.4 Å². The van der Waals surface area contributed by atoms with E-state index in [2.05, 4.69) is 0 Å². The van der Waals surface area contributed by atoms with E-state index < -0.39 is 10.7 Å². The molecule has 0 atom stereocenters. The van der Waals surface area contributed by atoms with Crippen molar-refractivity contribution in [1.29, 1.82) is 0 Å². The van der Waals surface area contributed by atoms with E-state index in [1.54, 1.807) is 21.0 Å². The van der Waals surface area contributed by atoms with Crippen molar-refractivity contribution in [2.24, 2.45) is 0 Å². The Hall–Kier alpha value is -1.65. The molecule has 1 rings (SSSR count). The number of hydrogen-bond acceptors (Lipinski definition) is 3. The normalized spacial score (nSPS) is 10.0. The molecule has 14 heavy (non-hydrogen) atoms. The minimum atomic E-state index is -0.578. The Labute approximate surface area is 81.1 Å². The molecule has 0 heterocycles. The van der Waals surface area contributed by atoms with Crippen LogP contribution in [-0.4, -0.2) is 19.0 Å². The molecule has 0 aromatic heterocycles. The van der Waals surface area contributed by atoms with Gasteiger partial charge in [0.1, 0.15) is 0 Å². The molecule has 0 aliphatic rings. The predicted molar refractivity (Wildman–Crippen MR) is 52.1 cm³/mol. The number of nitro benzene ring substituents is 1. The van der Waals surface area contributed by atoms with Crippen molar-refractivity contribution < 1.29 is 9.31 Å². The summed E-state index contributed by atoms with van der Waals surface area (Å²) in [5, 5.41) is 10.6. The highest BCUT2D eigenvalue weighted by molar-refractivity contribution is 5.64. The number of anilines is 1. The zero-order valence-electron chi connectivity index (χ0n) is 8.24. The van der Waals surface area contributed by atoms with Crippen LogP contribution >= 0.6 is 0 Å². The summed E-state index contributed by atoms with van der Waals surface area (Å²) in [7, 11) is 3.14. The molecule has 0 saturated carbocycles. The summed E-state index contributed by atoms with van der Waals surface area (Å²) in [6.07, 6.45) is 0. The van der Waals surface area contributed by atoms with Crippen LogP contribution in [0.5, 0.6) is 0 Å². The van der Waals surface area contributed by atoms with E-state index in [1.165, 1.54) is 17.0 Å². The summed E-state index contributed by atoms with van der Waals surface area (Å²) >= 11 is 0. The van der Waals surface area contributed by atoms with E-state index in [0.29, 0.717) is 5.56 Å². The fourth-order valence-electron chi connectivity index (χ4n) is 1.30. The maximum absolute atomic E-state index is 13.4. The second-order valence-electron chi connectivity index (χ2n) is 3.27. The molecule has 0 amide bonds. The van der Waals surface area contributed by atoms with Gasteiger partial charge in [0.05, 0.1) is 4.92 Å². The van der Waals surface area contributed by atoms with Crippen LogP contribution in [0.4, 0.5) is 15.8 Å². The van der Waals surface area contributed by atoms with E-state index in [-0.39, 0.29) is 11.4 Å². The number of nitrogens with zero attached hydrogens (tertiary/aromatic N) is 2. The zero-order chi connectivity index (χ0) is 10.9. The van der Waals surface area contributed by atoms with E-state index >= 15 is 0 Å². The van der Waals surface area contributed by atoms with Crippen molar-refractivity contribution in [1.82, 2.24) is 0 Å². The molecule has 0 unspecified atom stereocenters. The van der Waals surface area contributed by atoms with Crippen molar-refractivity contribution in [2.45, 2.75) is 6.92 Å². The van der Waals surface area contributed by atoms with Gasteiger partial charge in [0, 0.05) is 20.2 Å². The highest BCUT2D eigenvalue weighted by Gasteiger charge is 2.20. The van der Waals surface area contributed by atoms with Gasteiger partial charge in [-0.2, -0.15) is 0 Å². The fourth-order valence-corrected chi connectivity index (χ4v) is 1.30. The van der Waals surface area contributed by atoms with E-state index in [4.69, 9.17) is 0 Å². The van der Waals surface area contributed by atoms with Gasteiger partial charge in [0.2, 0.25) is 0 Å². The summed E-state index contributed by atoms with van der Waals surface area (Å²) in [5.41, 5.74) is 0.355. The Kier molecular flexibility index (Phi) is 2.69. The van der Waals surface area contributed by atoms with Crippen LogP contribution in [0.15, 0.2) is 12.1 Å². The molecule has 76 valence electrons. The van der Waals surface area contributed by atoms with Gasteiger partial charge in [-0.15, -0.1) is 0 Å². The second-order valence-corrected chi connectivity index (χ2v) is 3.27. The van der Waals surface area contributed by atoms with Crippen LogP contribution in [0.3, 0.4) is 0 Å². The van der Waals surface area contributed by atoms with Crippen molar-refractivity contribution in [2.75, 3.05) is 19.0 Å². The standard InChI is InChI=1S/C9H11FN2O2/c1-6-4-7(10)9(11(2)3)8(5-6)12(13)14/h4-5H,1-3H3. The molecule has 0 fully saturated rings. The highest BCUT2D eigenvalue weighted by Crippen LogP contribution is 2.30. The summed E-state index contributed by atoms with van der Waals surface area (Å²) in [5.74, 6) is -0.568. The second kappa shape index (κ2) is 3.61. The quantitative estimate of drug-likeness (QED) is 0.540. The van der Waals surface area contributed by atoms with Gasteiger partial charge in [-0.1, -0.05) is 0 Å². The van der Waals surface area contributed by atoms with Gasteiger partial charge < -0.3 is 4.90 Å². The Bertz CT molecular complexity index is 377. The van der Waals surface area contributed by atoms with E-state index in [1.807, 2.05) is 0 Å². The summed E-state index contributed by atoms with van der Waals surface area (Å²) in [6.45, 7) is 1.62. The number of nitro groups is 1. The van der Waals surface area contributed by atoms with E-state index in [9.17, 15) is 14.5 Å². The molecule has 5 heteroatoms. The summed E-state index contributed by atoms with van der Waals surface area (Å²) in [4.78, 5) is 11.5. The van der Waals surface area contributed by atoms with E-state index in [0.717, 1.165) is 0 Å². The average molecular weight is 198 g/mol. The number of aryl methyl sites for hydroxylation is 1. The molecule has 0 N–H and O–H groups in total. The molecular formula is C9H11FN2O2. The average Bonchev–Trinajstić information content (AvgIpc) is 2.01. The Morgan fingerprint density at radius 1 is 1.43 bits per heavy atom. The number of rotatable bonds is 2. The zero-order valence-corrected chi connectivity index (χ0v) is 8.24. The van der Waals surface area contributed by atoms with Crippen LogP contribution in [0.25, 0.3) is 0 Å². The topological polar surface area (TPSA) is 46.4 Å². The van der Waals surface area contributed by atoms with Gasteiger partial charge >= 0.3 is 0 Å². The van der Waals surface area contributed by atoms with Gasteiger partial charge in [0.15, 0.2) is 11.5 Å². The van der Waals surface area contributed by atoms with Crippen LogP contribution in [0, 0.1) is 22.9 Å². The first kappa shape index (κ1) is 10.4. The molecule has 0 radical (unpaired) electrons. The highest BCUT2D eigenvalue weighted by atomic mass is 19.1. The minimum absolute atomic E-state index is 0.0144. The van der Waals surface area contributed by atoms with Crippen molar-refractivity contribution in [3.8, 4) is 0 Å². The van der Waals surface area contributed by atoms with Gasteiger partial charge in [-0.3, -0.25) is 10.1 Å². The number of halogens is 1. The molecule has 0 saturated heterocycles. The van der Waals surface area contributed by atoms with Crippen LogP contribution < -0.4 is 4.90 Å². The third kappa shape index (κ3) is 1.81. The maximum atomic E-state index is 13.4. The first-order chi connectivity index (χ1) is 6.43. The molecule has 4 nitrogen and oxygen atoms in total. The SMILES string of the molecule is Cc1cc(F)c(N(C)C)c([N+](=O)[O-])c1. The van der Waals surface area contributed by atoms with Crippen molar-refractivity contribution in [3.05, 3.63) is 33.6 Å². The smallest absolute Gasteiger partial charge is 0.295 e. The Balaban J connectivity index is 3.44. The first-order valence-electron chi connectivity index (χ1n) is 4.05. The lowest BCUT2D eigenvalue weighted by Gasteiger charge is -2.13. The molecule has 0 aliphatic carbocycles. The Morgan fingerprint density at radius 2 is 2.00 bits per heavy atom. The summed E-state index contributed by atoms with van der Waals surface area (Å²) in [6, 6.07) is 2.64. The van der Waals surface area contributed by atoms with Crippen LogP contribution in [-0.2, 0) is 0 Å². The third-order valence-electron chi connectivity index (χ3n) is 1.83. The molecule has 0 bridgehead atoms. The molecule has 1 aromatic rings. The molecule has 0 spiro atoms. The van der Waals surface area contributed by atoms with Crippen molar-refractivity contribution in [3.63, 3.8) is 0 Å². The van der Waals surface area contributed by atoms with Crippen LogP contribution in [0.2, 0.25) is 0 Å². The lowest BCUT2D eigenvalue weighted by molar-refractivity contribution is -0.384. The summed E-state index contributed by atoms with van der Waals surface area (Å²) < 4.78 is 13.4. The molecule has 1 aromatic carbocycles. The van der Waals surface area contributed by atoms with Gasteiger partial charge in [0.25, 0.3) is 5.69 Å². The van der Waals surface area contributed by atoms with Gasteiger partial charge in [-0.25, -0.2) is 4.39 Å². The van der Waals surface area contributed by atoms with Gasteiger partial charge in [-0.05, 0) is 18.6 Å². The van der Waals surface area contributed by atoms with Crippen LogP contribution in [0.1, 0.15) is 5.56 Å². The Morgan fingerprint density at radius 3 is 2.43 bits per heavy atom. The maximum Gasteiger partial charge on any atom is 0.295 e. The fraction of sp³-hybridized carbons (Fsp3) is 0.333. The predicted octanol–water partition coefficient (Wildman–Crippen LogP) is 2.11. The number of benzene rings is 1. The largest absolute Gasteiger partial charge is 0.370 e. The monoisotopic (exact) mass is 198 g/mol. The molecular weight excluding hydrogens is 187 g/mol. The lowest BCUT2D eigenvalue weighted by Crippen LogP contribution is -2.13. The minimum Gasteiger partial charge on any atom is -0.370 e.